The van der Waals surface area contributed by atoms with Gasteiger partial charge in [0.25, 0.3) is 0 Å². The Morgan fingerprint density at radius 3 is 2.47 bits per heavy atom. The van der Waals surface area contributed by atoms with E-state index in [1.165, 1.54) is 11.1 Å². The summed E-state index contributed by atoms with van der Waals surface area (Å²) >= 11 is 0. The van der Waals surface area contributed by atoms with Gasteiger partial charge in [0.05, 0.1) is 0 Å². The summed E-state index contributed by atoms with van der Waals surface area (Å²) in [5.41, 5.74) is 5.01. The summed E-state index contributed by atoms with van der Waals surface area (Å²) in [5, 5.41) is 3.25. The zero-order valence-electron chi connectivity index (χ0n) is 9.77. The number of nitrogens with two attached hydrogens (primary N) is 1. The van der Waals surface area contributed by atoms with E-state index in [0.717, 1.165) is 12.4 Å². The van der Waals surface area contributed by atoms with Crippen molar-refractivity contribution in [1.82, 2.24) is 4.98 Å². The molecular formula is C13H16N4. The third-order valence-corrected chi connectivity index (χ3v) is 2.49. The number of aryl methyl sites for hydroxylation is 1. The number of nitrogens with zero attached hydrogens (tertiary/aromatic N) is 1. The van der Waals surface area contributed by atoms with Crippen molar-refractivity contribution >= 4 is 11.6 Å². The largest absolute Gasteiger partial charge is 0.366 e. The Morgan fingerprint density at radius 2 is 1.76 bits per heavy atom. The first-order valence-corrected chi connectivity index (χ1v) is 5.51. The SMILES string of the molecule is Cc1ccc(CNc2cccc(NN)n2)cc1. The van der Waals surface area contributed by atoms with Crippen LogP contribution in [0.5, 0.6) is 0 Å². The fourth-order valence-corrected chi connectivity index (χ4v) is 1.51. The number of anilines is 2. The summed E-state index contributed by atoms with van der Waals surface area (Å²) in [7, 11) is 0. The minimum atomic E-state index is 0.652. The highest BCUT2D eigenvalue weighted by Crippen LogP contribution is 2.10. The fraction of sp³-hybridized carbons (Fsp3) is 0.154. The first-order valence-electron chi connectivity index (χ1n) is 5.51. The lowest BCUT2D eigenvalue weighted by molar-refractivity contribution is 1.10. The van der Waals surface area contributed by atoms with Crippen LogP contribution in [-0.4, -0.2) is 4.98 Å². The van der Waals surface area contributed by atoms with Gasteiger partial charge < -0.3 is 10.7 Å². The third kappa shape index (κ3) is 3.19. The molecule has 0 bridgehead atoms. The predicted octanol–water partition coefficient (Wildman–Crippen LogP) is 2.29. The molecule has 0 saturated heterocycles. The Hall–Kier alpha value is -2.07. The van der Waals surface area contributed by atoms with Crippen molar-refractivity contribution < 1.29 is 0 Å². The van der Waals surface area contributed by atoms with Crippen molar-refractivity contribution in [2.45, 2.75) is 13.5 Å². The topological polar surface area (TPSA) is 63.0 Å². The maximum absolute atomic E-state index is 5.30. The first-order chi connectivity index (χ1) is 8.28. The van der Waals surface area contributed by atoms with Gasteiger partial charge in [-0.3, -0.25) is 0 Å². The van der Waals surface area contributed by atoms with E-state index in [1.807, 2.05) is 18.2 Å². The number of benzene rings is 1. The van der Waals surface area contributed by atoms with Crippen LogP contribution in [0.4, 0.5) is 11.6 Å². The molecule has 0 saturated carbocycles. The molecule has 0 radical (unpaired) electrons. The lowest BCUT2D eigenvalue weighted by Gasteiger charge is -2.07. The number of rotatable bonds is 4. The van der Waals surface area contributed by atoms with Crippen molar-refractivity contribution in [3.63, 3.8) is 0 Å². The average Bonchev–Trinajstić information content (AvgIpc) is 2.38. The van der Waals surface area contributed by atoms with Gasteiger partial charge in [-0.05, 0) is 24.6 Å². The minimum Gasteiger partial charge on any atom is -0.366 e. The molecule has 1 aromatic heterocycles. The van der Waals surface area contributed by atoms with Gasteiger partial charge in [0, 0.05) is 6.54 Å². The Kier molecular flexibility index (Phi) is 3.57. The molecule has 4 heteroatoms. The molecule has 0 fully saturated rings. The van der Waals surface area contributed by atoms with Gasteiger partial charge in [0.15, 0.2) is 0 Å². The Balaban J connectivity index is 1.99. The van der Waals surface area contributed by atoms with E-state index in [2.05, 4.69) is 46.9 Å². The average molecular weight is 228 g/mol. The molecule has 0 aliphatic heterocycles. The highest BCUT2D eigenvalue weighted by atomic mass is 15.3. The van der Waals surface area contributed by atoms with Gasteiger partial charge >= 0.3 is 0 Å². The Bertz CT molecular complexity index is 479. The zero-order valence-corrected chi connectivity index (χ0v) is 9.77. The Morgan fingerprint density at radius 1 is 1.06 bits per heavy atom. The van der Waals surface area contributed by atoms with E-state index in [-0.39, 0.29) is 0 Å². The number of hydrazine groups is 1. The third-order valence-electron chi connectivity index (χ3n) is 2.49. The molecule has 2 aromatic rings. The van der Waals surface area contributed by atoms with Gasteiger partial charge in [-0.25, -0.2) is 10.8 Å². The number of nitrogens with one attached hydrogen (secondary N) is 2. The van der Waals surface area contributed by atoms with Gasteiger partial charge in [-0.15, -0.1) is 0 Å². The van der Waals surface area contributed by atoms with E-state index in [9.17, 15) is 0 Å². The maximum atomic E-state index is 5.30. The quantitative estimate of drug-likeness (QED) is 0.555. The summed E-state index contributed by atoms with van der Waals surface area (Å²) in [4.78, 5) is 4.28. The van der Waals surface area contributed by atoms with Crippen LogP contribution < -0.4 is 16.6 Å². The van der Waals surface area contributed by atoms with Gasteiger partial charge in [-0.2, -0.15) is 0 Å². The van der Waals surface area contributed by atoms with Crippen LogP contribution in [-0.2, 0) is 6.54 Å². The highest BCUT2D eigenvalue weighted by Gasteiger charge is 1.96. The molecule has 2 rings (SSSR count). The zero-order chi connectivity index (χ0) is 12.1. The summed E-state index contributed by atoms with van der Waals surface area (Å²) in [5.74, 6) is 6.76. The number of hydrogen-bond acceptors (Lipinski definition) is 4. The van der Waals surface area contributed by atoms with Crippen LogP contribution in [0.15, 0.2) is 42.5 Å². The van der Waals surface area contributed by atoms with Crippen LogP contribution in [0.2, 0.25) is 0 Å². The minimum absolute atomic E-state index is 0.652. The van der Waals surface area contributed by atoms with Crippen LogP contribution in [0, 0.1) is 6.92 Å². The van der Waals surface area contributed by atoms with Crippen molar-refractivity contribution in [3.8, 4) is 0 Å². The van der Waals surface area contributed by atoms with Crippen LogP contribution >= 0.6 is 0 Å². The van der Waals surface area contributed by atoms with Gasteiger partial charge in [0.1, 0.15) is 11.6 Å². The molecule has 4 N–H and O–H groups in total. The van der Waals surface area contributed by atoms with Gasteiger partial charge in [0.2, 0.25) is 0 Å². The number of pyridine rings is 1. The molecule has 88 valence electrons. The molecule has 4 nitrogen and oxygen atoms in total. The molecule has 1 aromatic carbocycles. The van der Waals surface area contributed by atoms with Crippen LogP contribution in [0.1, 0.15) is 11.1 Å². The lowest BCUT2D eigenvalue weighted by Crippen LogP contribution is -2.09. The van der Waals surface area contributed by atoms with Crippen molar-refractivity contribution in [2.75, 3.05) is 10.7 Å². The molecule has 0 aliphatic carbocycles. The molecular weight excluding hydrogens is 212 g/mol. The van der Waals surface area contributed by atoms with Crippen molar-refractivity contribution in [3.05, 3.63) is 53.6 Å². The number of aromatic nitrogens is 1. The van der Waals surface area contributed by atoms with E-state index >= 15 is 0 Å². The second kappa shape index (κ2) is 5.32. The fourth-order valence-electron chi connectivity index (χ4n) is 1.51. The summed E-state index contributed by atoms with van der Waals surface area (Å²) < 4.78 is 0. The molecule has 0 unspecified atom stereocenters. The van der Waals surface area contributed by atoms with Crippen molar-refractivity contribution in [2.24, 2.45) is 5.84 Å². The predicted molar refractivity (Wildman–Crippen MR) is 70.6 cm³/mol. The highest BCUT2D eigenvalue weighted by molar-refractivity contribution is 5.44. The number of nitrogen functional groups attached to an aromatic ring is 1. The van der Waals surface area contributed by atoms with E-state index in [1.54, 1.807) is 0 Å². The summed E-state index contributed by atoms with van der Waals surface area (Å²) in [6, 6.07) is 14.0. The monoisotopic (exact) mass is 228 g/mol. The first kappa shape index (κ1) is 11.4. The standard InChI is InChI=1S/C13H16N4/c1-10-5-7-11(8-6-10)9-15-12-3-2-4-13(16-12)17-14/h2-8H,9,14H2,1H3,(H2,15,16,17). The van der Waals surface area contributed by atoms with E-state index in [0.29, 0.717) is 5.82 Å². The smallest absolute Gasteiger partial charge is 0.142 e. The second-order valence-electron chi connectivity index (χ2n) is 3.89. The maximum Gasteiger partial charge on any atom is 0.142 e. The summed E-state index contributed by atoms with van der Waals surface area (Å²) in [6.45, 7) is 2.83. The van der Waals surface area contributed by atoms with Crippen molar-refractivity contribution in [1.29, 1.82) is 0 Å². The molecule has 0 aliphatic rings. The molecule has 0 atom stereocenters. The van der Waals surface area contributed by atoms with Gasteiger partial charge in [-0.1, -0.05) is 35.9 Å². The number of hydrogen-bond donors (Lipinski definition) is 3. The molecule has 0 amide bonds. The van der Waals surface area contributed by atoms with Crippen LogP contribution in [0.25, 0.3) is 0 Å². The second-order valence-corrected chi connectivity index (χ2v) is 3.89. The van der Waals surface area contributed by atoms with E-state index in [4.69, 9.17) is 5.84 Å². The lowest BCUT2D eigenvalue weighted by atomic mass is 10.1. The molecule has 17 heavy (non-hydrogen) atoms. The molecule has 1 heterocycles. The van der Waals surface area contributed by atoms with Crippen LogP contribution in [0.3, 0.4) is 0 Å². The summed E-state index contributed by atoms with van der Waals surface area (Å²) in [6.07, 6.45) is 0. The van der Waals surface area contributed by atoms with E-state index < -0.39 is 0 Å². The molecule has 0 spiro atoms. The normalized spacial score (nSPS) is 10.0. The Labute approximate surface area is 101 Å².